The highest BCUT2D eigenvalue weighted by atomic mass is 16.7. The summed E-state index contributed by atoms with van der Waals surface area (Å²) in [5.41, 5.74) is 0. The lowest BCUT2D eigenvalue weighted by atomic mass is 10.0. The average molecular weight is 170 g/mol. The molecule has 1 heterocycles. The van der Waals surface area contributed by atoms with Crippen LogP contribution in [0.3, 0.4) is 0 Å². The molecule has 2 aliphatic rings. The normalized spacial score (nSPS) is 31.7. The standard InChI is InChI=1S/C9H14O3/c10-8-3-1-2-7(8)6-9-11-4-5-12-9/h7,9H,1-6H2. The van der Waals surface area contributed by atoms with E-state index in [-0.39, 0.29) is 12.2 Å². The highest BCUT2D eigenvalue weighted by Crippen LogP contribution is 2.27. The summed E-state index contributed by atoms with van der Waals surface area (Å²) >= 11 is 0. The summed E-state index contributed by atoms with van der Waals surface area (Å²) in [4.78, 5) is 11.3. The van der Waals surface area contributed by atoms with Crippen LogP contribution >= 0.6 is 0 Å². The Balaban J connectivity index is 1.81. The maximum atomic E-state index is 11.3. The molecule has 0 N–H and O–H groups in total. The first-order chi connectivity index (χ1) is 5.86. The van der Waals surface area contributed by atoms with Crippen molar-refractivity contribution in [2.24, 2.45) is 5.92 Å². The Morgan fingerprint density at radius 2 is 2.08 bits per heavy atom. The minimum Gasteiger partial charge on any atom is -0.350 e. The van der Waals surface area contributed by atoms with Gasteiger partial charge < -0.3 is 9.47 Å². The topological polar surface area (TPSA) is 35.5 Å². The van der Waals surface area contributed by atoms with E-state index < -0.39 is 0 Å². The van der Waals surface area contributed by atoms with Crippen molar-refractivity contribution < 1.29 is 14.3 Å². The van der Waals surface area contributed by atoms with Crippen molar-refractivity contribution in [2.75, 3.05) is 13.2 Å². The molecule has 1 aliphatic carbocycles. The second kappa shape index (κ2) is 3.54. The van der Waals surface area contributed by atoms with Crippen LogP contribution in [-0.2, 0) is 14.3 Å². The third-order valence-electron chi connectivity index (χ3n) is 2.60. The number of Topliss-reactive ketones (excluding diaryl/α,β-unsaturated/α-hetero) is 1. The predicted octanol–water partition coefficient (Wildman–Crippen LogP) is 1.12. The van der Waals surface area contributed by atoms with Gasteiger partial charge in [0.2, 0.25) is 0 Å². The monoisotopic (exact) mass is 170 g/mol. The zero-order valence-electron chi connectivity index (χ0n) is 7.12. The highest BCUT2D eigenvalue weighted by molar-refractivity contribution is 5.82. The van der Waals surface area contributed by atoms with Crippen molar-refractivity contribution in [3.05, 3.63) is 0 Å². The summed E-state index contributed by atoms with van der Waals surface area (Å²) < 4.78 is 10.6. The van der Waals surface area contributed by atoms with E-state index in [1.54, 1.807) is 0 Å². The number of carbonyl (C=O) groups excluding carboxylic acids is 1. The van der Waals surface area contributed by atoms with Crippen molar-refractivity contribution in [3.63, 3.8) is 0 Å². The molecule has 3 heteroatoms. The zero-order chi connectivity index (χ0) is 8.39. The fourth-order valence-corrected chi connectivity index (χ4v) is 1.91. The van der Waals surface area contributed by atoms with Gasteiger partial charge in [0.05, 0.1) is 13.2 Å². The minimum absolute atomic E-state index is 0.1000. The van der Waals surface area contributed by atoms with Crippen molar-refractivity contribution in [1.82, 2.24) is 0 Å². The summed E-state index contributed by atoms with van der Waals surface area (Å²) in [5.74, 6) is 0.613. The number of carbonyl (C=O) groups is 1. The van der Waals surface area contributed by atoms with Gasteiger partial charge in [-0.2, -0.15) is 0 Å². The van der Waals surface area contributed by atoms with Gasteiger partial charge in [0, 0.05) is 18.8 Å². The summed E-state index contributed by atoms with van der Waals surface area (Å²) in [6, 6.07) is 0. The number of ketones is 1. The Bertz CT molecular complexity index is 173. The lowest BCUT2D eigenvalue weighted by molar-refractivity contribution is -0.124. The van der Waals surface area contributed by atoms with Gasteiger partial charge in [0.15, 0.2) is 6.29 Å². The maximum absolute atomic E-state index is 11.3. The molecule has 1 atom stereocenters. The number of hydrogen-bond donors (Lipinski definition) is 0. The Morgan fingerprint density at radius 3 is 2.67 bits per heavy atom. The molecule has 0 amide bonds. The van der Waals surface area contributed by atoms with Gasteiger partial charge in [-0.3, -0.25) is 4.79 Å². The Labute approximate surface area is 72.0 Å². The Morgan fingerprint density at radius 1 is 1.33 bits per heavy atom. The van der Waals surface area contributed by atoms with Crippen molar-refractivity contribution in [2.45, 2.75) is 32.0 Å². The molecule has 2 rings (SSSR count). The lowest BCUT2D eigenvalue weighted by Gasteiger charge is -2.12. The van der Waals surface area contributed by atoms with Crippen LogP contribution in [0, 0.1) is 5.92 Å². The van der Waals surface area contributed by atoms with Crippen LogP contribution in [0.2, 0.25) is 0 Å². The van der Waals surface area contributed by atoms with E-state index in [2.05, 4.69) is 0 Å². The molecule has 1 unspecified atom stereocenters. The molecule has 0 aromatic carbocycles. The third kappa shape index (κ3) is 1.67. The first kappa shape index (κ1) is 8.20. The van der Waals surface area contributed by atoms with Crippen molar-refractivity contribution >= 4 is 5.78 Å². The predicted molar refractivity (Wildman–Crippen MR) is 42.7 cm³/mol. The first-order valence-electron chi connectivity index (χ1n) is 4.62. The van der Waals surface area contributed by atoms with E-state index in [0.717, 1.165) is 25.7 Å². The Hall–Kier alpha value is -0.410. The second-order valence-corrected chi connectivity index (χ2v) is 3.46. The SMILES string of the molecule is O=C1CCCC1CC1OCCO1. The van der Waals surface area contributed by atoms with Gasteiger partial charge in [0.1, 0.15) is 5.78 Å². The Kier molecular flexibility index (Phi) is 2.42. The highest BCUT2D eigenvalue weighted by Gasteiger charge is 2.29. The maximum Gasteiger partial charge on any atom is 0.158 e. The molecular formula is C9H14O3. The largest absolute Gasteiger partial charge is 0.350 e. The fourth-order valence-electron chi connectivity index (χ4n) is 1.91. The first-order valence-corrected chi connectivity index (χ1v) is 4.62. The van der Waals surface area contributed by atoms with Crippen molar-refractivity contribution in [3.8, 4) is 0 Å². The van der Waals surface area contributed by atoms with Crippen molar-refractivity contribution in [1.29, 1.82) is 0 Å². The van der Waals surface area contributed by atoms with E-state index in [4.69, 9.17) is 9.47 Å². The molecule has 68 valence electrons. The molecule has 0 bridgehead atoms. The van der Waals surface area contributed by atoms with Gasteiger partial charge in [-0.25, -0.2) is 0 Å². The molecule has 1 saturated carbocycles. The van der Waals surface area contributed by atoms with Gasteiger partial charge in [-0.1, -0.05) is 0 Å². The van der Waals surface area contributed by atoms with Gasteiger partial charge in [-0.05, 0) is 12.8 Å². The summed E-state index contributed by atoms with van der Waals surface area (Å²) in [5, 5.41) is 0. The van der Waals surface area contributed by atoms with Crippen LogP contribution in [0.15, 0.2) is 0 Å². The van der Waals surface area contributed by atoms with E-state index in [1.165, 1.54) is 0 Å². The number of hydrogen-bond acceptors (Lipinski definition) is 3. The van der Waals surface area contributed by atoms with E-state index in [0.29, 0.717) is 19.0 Å². The molecule has 12 heavy (non-hydrogen) atoms. The second-order valence-electron chi connectivity index (χ2n) is 3.46. The summed E-state index contributed by atoms with van der Waals surface area (Å²) in [7, 11) is 0. The smallest absolute Gasteiger partial charge is 0.158 e. The zero-order valence-corrected chi connectivity index (χ0v) is 7.12. The van der Waals surface area contributed by atoms with E-state index in [9.17, 15) is 4.79 Å². The van der Waals surface area contributed by atoms with Crippen LogP contribution in [0.4, 0.5) is 0 Å². The number of ether oxygens (including phenoxy) is 2. The van der Waals surface area contributed by atoms with Crippen LogP contribution in [-0.4, -0.2) is 25.3 Å². The quantitative estimate of drug-likeness (QED) is 0.623. The molecule has 3 nitrogen and oxygen atoms in total. The molecule has 2 fully saturated rings. The van der Waals surface area contributed by atoms with Gasteiger partial charge >= 0.3 is 0 Å². The van der Waals surface area contributed by atoms with Gasteiger partial charge in [-0.15, -0.1) is 0 Å². The molecule has 1 saturated heterocycles. The molecule has 0 spiro atoms. The molecule has 1 aliphatic heterocycles. The lowest BCUT2D eigenvalue weighted by Crippen LogP contribution is -2.17. The summed E-state index contributed by atoms with van der Waals surface area (Å²) in [6.45, 7) is 1.37. The molecule has 0 aromatic heterocycles. The van der Waals surface area contributed by atoms with Crippen LogP contribution in [0.5, 0.6) is 0 Å². The molecule has 0 aromatic rings. The van der Waals surface area contributed by atoms with E-state index in [1.807, 2.05) is 0 Å². The van der Waals surface area contributed by atoms with Crippen LogP contribution in [0.1, 0.15) is 25.7 Å². The molecule has 0 radical (unpaired) electrons. The minimum atomic E-state index is -0.1000. The van der Waals surface area contributed by atoms with E-state index >= 15 is 0 Å². The third-order valence-corrected chi connectivity index (χ3v) is 2.60. The summed E-state index contributed by atoms with van der Waals surface area (Å²) in [6.07, 6.45) is 3.52. The number of rotatable bonds is 2. The van der Waals surface area contributed by atoms with Gasteiger partial charge in [0.25, 0.3) is 0 Å². The van der Waals surface area contributed by atoms with Crippen LogP contribution in [0.25, 0.3) is 0 Å². The molecular weight excluding hydrogens is 156 g/mol. The fraction of sp³-hybridized carbons (Fsp3) is 0.889. The van der Waals surface area contributed by atoms with Crippen LogP contribution < -0.4 is 0 Å². The average Bonchev–Trinajstić information content (AvgIpc) is 2.65.